The van der Waals surface area contributed by atoms with Gasteiger partial charge in [-0.3, -0.25) is 4.90 Å². The summed E-state index contributed by atoms with van der Waals surface area (Å²) in [5, 5.41) is 7.31. The van der Waals surface area contributed by atoms with Crippen molar-refractivity contribution < 1.29 is 9.47 Å². The number of rotatable bonds is 6. The molecule has 30 heavy (non-hydrogen) atoms. The minimum absolute atomic E-state index is 0.367. The second-order valence-electron chi connectivity index (χ2n) is 9.31. The van der Waals surface area contributed by atoms with Crippen molar-refractivity contribution in [1.29, 1.82) is 0 Å². The summed E-state index contributed by atoms with van der Waals surface area (Å²) in [6.45, 7) is 9.33. The Hall–Kier alpha value is -1.63. The van der Waals surface area contributed by atoms with Crippen LogP contribution >= 0.6 is 0 Å². The van der Waals surface area contributed by atoms with Crippen LogP contribution in [0.5, 0.6) is 0 Å². The van der Waals surface area contributed by atoms with Crippen molar-refractivity contribution >= 4 is 5.96 Å². The van der Waals surface area contributed by atoms with Crippen LogP contribution in [0.2, 0.25) is 0 Å². The summed E-state index contributed by atoms with van der Waals surface area (Å²) < 4.78 is 11.6. The molecule has 5 rings (SSSR count). The number of guanidine groups is 1. The van der Waals surface area contributed by atoms with E-state index >= 15 is 0 Å². The molecule has 4 fully saturated rings. The van der Waals surface area contributed by atoms with E-state index in [4.69, 9.17) is 14.5 Å². The molecule has 2 aliphatic heterocycles. The van der Waals surface area contributed by atoms with Gasteiger partial charge in [0, 0.05) is 50.2 Å². The summed E-state index contributed by atoms with van der Waals surface area (Å²) in [7, 11) is 0. The van der Waals surface area contributed by atoms with Crippen LogP contribution in [0.15, 0.2) is 29.3 Å². The highest BCUT2D eigenvalue weighted by atomic mass is 16.5. The van der Waals surface area contributed by atoms with Gasteiger partial charge in [0.15, 0.2) is 5.96 Å². The molecular weight excluding hydrogens is 376 g/mol. The lowest BCUT2D eigenvalue weighted by molar-refractivity contribution is -0.171. The van der Waals surface area contributed by atoms with E-state index in [1.165, 1.54) is 36.8 Å². The molecular formula is C24H36N4O2. The second kappa shape index (κ2) is 8.85. The molecule has 1 aromatic rings. The van der Waals surface area contributed by atoms with E-state index in [1.807, 2.05) is 0 Å². The number of aliphatic imine (C=N–C) groups is 1. The van der Waals surface area contributed by atoms with Gasteiger partial charge in [0.1, 0.15) is 0 Å². The number of morpholine rings is 1. The zero-order valence-corrected chi connectivity index (χ0v) is 18.2. The van der Waals surface area contributed by atoms with Gasteiger partial charge in [-0.25, -0.2) is 4.99 Å². The first-order chi connectivity index (χ1) is 14.8. The largest absolute Gasteiger partial charge is 0.379 e. The number of ether oxygens (including phenoxy) is 2. The Balaban J connectivity index is 1.27. The minimum atomic E-state index is 0.367. The van der Waals surface area contributed by atoms with Crippen molar-refractivity contribution in [2.45, 2.75) is 57.8 Å². The van der Waals surface area contributed by atoms with Gasteiger partial charge in [-0.05, 0) is 37.3 Å². The molecule has 2 saturated heterocycles. The Morgan fingerprint density at radius 3 is 2.70 bits per heavy atom. The first-order valence-electron chi connectivity index (χ1n) is 11.8. The highest BCUT2D eigenvalue weighted by molar-refractivity contribution is 5.80. The zero-order chi connectivity index (χ0) is 20.4. The number of fused-ring (bicyclic) bond motifs is 2. The molecule has 0 amide bonds. The molecule has 1 aromatic carbocycles. The molecule has 2 aliphatic carbocycles. The van der Waals surface area contributed by atoms with Crippen LogP contribution in [0, 0.1) is 11.3 Å². The van der Waals surface area contributed by atoms with Crippen molar-refractivity contribution in [3.8, 4) is 0 Å². The molecule has 2 saturated carbocycles. The van der Waals surface area contributed by atoms with Crippen molar-refractivity contribution in [2.75, 3.05) is 39.5 Å². The zero-order valence-electron chi connectivity index (χ0n) is 18.2. The maximum Gasteiger partial charge on any atom is 0.191 e. The lowest BCUT2D eigenvalue weighted by Gasteiger charge is -2.63. The van der Waals surface area contributed by atoms with Crippen LogP contribution in [-0.2, 0) is 22.6 Å². The Morgan fingerprint density at radius 2 is 1.97 bits per heavy atom. The van der Waals surface area contributed by atoms with Crippen LogP contribution in [0.25, 0.3) is 0 Å². The third-order valence-electron chi connectivity index (χ3n) is 7.70. The third-order valence-corrected chi connectivity index (χ3v) is 7.70. The summed E-state index contributed by atoms with van der Waals surface area (Å²) >= 11 is 0. The maximum atomic E-state index is 6.08. The first kappa shape index (κ1) is 20.3. The van der Waals surface area contributed by atoms with Gasteiger partial charge in [0.2, 0.25) is 0 Å². The smallest absolute Gasteiger partial charge is 0.191 e. The lowest BCUT2D eigenvalue weighted by atomic mass is 9.46. The molecule has 0 aromatic heterocycles. The molecule has 0 bridgehead atoms. The van der Waals surface area contributed by atoms with Crippen LogP contribution in [0.3, 0.4) is 0 Å². The predicted molar refractivity (Wildman–Crippen MR) is 118 cm³/mol. The molecule has 0 radical (unpaired) electrons. The van der Waals surface area contributed by atoms with E-state index < -0.39 is 0 Å². The van der Waals surface area contributed by atoms with Crippen molar-refractivity contribution in [3.05, 3.63) is 35.4 Å². The van der Waals surface area contributed by atoms with Crippen molar-refractivity contribution in [3.63, 3.8) is 0 Å². The average Bonchev–Trinajstić information content (AvgIpc) is 3.15. The molecule has 6 heteroatoms. The maximum absolute atomic E-state index is 6.08. The van der Waals surface area contributed by atoms with Crippen LogP contribution in [0.1, 0.15) is 43.7 Å². The number of benzene rings is 1. The van der Waals surface area contributed by atoms with Crippen molar-refractivity contribution in [2.24, 2.45) is 16.3 Å². The van der Waals surface area contributed by atoms with E-state index in [1.54, 1.807) is 0 Å². The van der Waals surface area contributed by atoms with E-state index in [0.717, 1.165) is 52.0 Å². The van der Waals surface area contributed by atoms with E-state index in [0.29, 0.717) is 30.0 Å². The van der Waals surface area contributed by atoms with E-state index in [9.17, 15) is 0 Å². The molecule has 4 aliphatic rings. The first-order valence-corrected chi connectivity index (χ1v) is 11.8. The molecule has 3 unspecified atom stereocenters. The van der Waals surface area contributed by atoms with Crippen molar-refractivity contribution in [1.82, 2.24) is 15.5 Å². The Bertz CT molecular complexity index is 757. The fraction of sp³-hybridized carbons (Fsp3) is 0.708. The summed E-state index contributed by atoms with van der Waals surface area (Å²) in [5.41, 5.74) is 3.06. The molecule has 6 nitrogen and oxygen atoms in total. The highest BCUT2D eigenvalue weighted by Crippen LogP contribution is 2.62. The topological polar surface area (TPSA) is 58.1 Å². The lowest BCUT2D eigenvalue weighted by Crippen LogP contribution is -2.72. The van der Waals surface area contributed by atoms with Crippen LogP contribution in [-0.4, -0.2) is 62.5 Å². The SMILES string of the molecule is CCNC(=NCc1ccccc1CN1CCOCC1)NC1C2CCOC2C12CCC2. The molecule has 2 N–H and O–H groups in total. The molecule has 3 atom stereocenters. The van der Waals surface area contributed by atoms with E-state index in [-0.39, 0.29) is 0 Å². The molecule has 2 heterocycles. The fourth-order valence-electron chi connectivity index (χ4n) is 5.95. The molecule has 1 spiro atoms. The molecule has 164 valence electrons. The number of hydrogen-bond donors (Lipinski definition) is 2. The normalized spacial score (nSPS) is 30.4. The summed E-state index contributed by atoms with van der Waals surface area (Å²) in [5.74, 6) is 1.61. The van der Waals surface area contributed by atoms with Gasteiger partial charge in [0.25, 0.3) is 0 Å². The highest BCUT2D eigenvalue weighted by Gasteiger charge is 2.66. The predicted octanol–water partition coefficient (Wildman–Crippen LogP) is 2.53. The van der Waals surface area contributed by atoms with Crippen LogP contribution < -0.4 is 10.6 Å². The Kier molecular flexibility index (Phi) is 5.98. The quantitative estimate of drug-likeness (QED) is 0.556. The summed E-state index contributed by atoms with van der Waals surface area (Å²) in [6.07, 6.45) is 5.61. The van der Waals surface area contributed by atoms with Gasteiger partial charge >= 0.3 is 0 Å². The number of nitrogens with one attached hydrogen (secondary N) is 2. The monoisotopic (exact) mass is 412 g/mol. The summed E-state index contributed by atoms with van der Waals surface area (Å²) in [6, 6.07) is 9.25. The van der Waals surface area contributed by atoms with Gasteiger partial charge < -0.3 is 20.1 Å². The van der Waals surface area contributed by atoms with E-state index in [2.05, 4.69) is 46.7 Å². The van der Waals surface area contributed by atoms with Gasteiger partial charge in [-0.2, -0.15) is 0 Å². The van der Waals surface area contributed by atoms with Gasteiger partial charge in [-0.1, -0.05) is 30.7 Å². The Labute approximate surface area is 180 Å². The van der Waals surface area contributed by atoms with Crippen LogP contribution in [0.4, 0.5) is 0 Å². The van der Waals surface area contributed by atoms with Gasteiger partial charge in [0.05, 0.1) is 25.9 Å². The fourth-order valence-corrected chi connectivity index (χ4v) is 5.95. The standard InChI is InChI=1S/C24H36N4O2/c1-2-25-23(27-21-20-8-13-30-22(20)24(21)9-5-10-24)26-16-18-6-3-4-7-19(18)17-28-11-14-29-15-12-28/h3-4,6-7,20-22H,2,5,8-17H2,1H3,(H2,25,26,27). The van der Waals surface area contributed by atoms with Gasteiger partial charge in [-0.15, -0.1) is 0 Å². The number of hydrogen-bond acceptors (Lipinski definition) is 4. The average molecular weight is 413 g/mol. The number of nitrogens with zero attached hydrogens (tertiary/aromatic N) is 2. The summed E-state index contributed by atoms with van der Waals surface area (Å²) in [4.78, 5) is 7.48. The Morgan fingerprint density at radius 1 is 1.17 bits per heavy atom. The second-order valence-corrected chi connectivity index (χ2v) is 9.31. The minimum Gasteiger partial charge on any atom is -0.379 e. The third kappa shape index (κ3) is 3.74.